The fraction of sp³-hybridized carbons (Fsp3) is 0.312. The Balaban J connectivity index is 2.21. The minimum atomic E-state index is 0.765. The molecule has 3 rings (SSSR count). The Hall–Kier alpha value is -1.67. The van der Waals surface area contributed by atoms with Crippen molar-refractivity contribution in [1.82, 2.24) is 4.98 Å². The van der Waals surface area contributed by atoms with Crippen molar-refractivity contribution in [2.45, 2.75) is 20.3 Å². The van der Waals surface area contributed by atoms with E-state index in [0.717, 1.165) is 25.2 Å². The molecule has 0 aliphatic carbocycles. The fourth-order valence-corrected chi connectivity index (χ4v) is 2.49. The highest BCUT2D eigenvalue weighted by Crippen LogP contribution is 2.25. The van der Waals surface area contributed by atoms with Crippen molar-refractivity contribution in [3.05, 3.63) is 46.7 Å². The number of rotatable bonds is 1. The number of aryl methyl sites for hydroxylation is 2. The van der Waals surface area contributed by atoms with Crippen LogP contribution < -0.4 is 0 Å². The highest BCUT2D eigenvalue weighted by molar-refractivity contribution is 5.90. The van der Waals surface area contributed by atoms with Gasteiger partial charge in [-0.1, -0.05) is 6.08 Å². The lowest BCUT2D eigenvalue weighted by molar-refractivity contribution is 0.205. The molecule has 1 aromatic heterocycles. The summed E-state index contributed by atoms with van der Waals surface area (Å²) in [6.45, 7) is 5.89. The molecule has 1 aliphatic heterocycles. The van der Waals surface area contributed by atoms with Crippen LogP contribution in [0, 0.1) is 13.8 Å². The smallest absolute Gasteiger partial charge is 0.0777 e. The summed E-state index contributed by atoms with van der Waals surface area (Å²) in [5.74, 6) is 0. The standard InChI is InChI=1S/C16H17NO/c1-11-7-14(9-13-4-6-18-10-13)16-15(8-11)12(2)3-5-17-16/h3,5,7-9H,4,6,10H2,1-2H3/b13-9+. The van der Waals surface area contributed by atoms with Crippen LogP contribution in [0.25, 0.3) is 17.0 Å². The second kappa shape index (κ2) is 4.54. The molecule has 18 heavy (non-hydrogen) atoms. The summed E-state index contributed by atoms with van der Waals surface area (Å²) in [5.41, 5.74) is 6.25. The Labute approximate surface area is 107 Å². The minimum absolute atomic E-state index is 0.765. The van der Waals surface area contributed by atoms with E-state index in [0.29, 0.717) is 0 Å². The molecule has 0 unspecified atom stereocenters. The number of aromatic nitrogens is 1. The molecule has 0 atom stereocenters. The predicted octanol–water partition coefficient (Wildman–Crippen LogP) is 3.66. The van der Waals surface area contributed by atoms with Gasteiger partial charge < -0.3 is 4.74 Å². The van der Waals surface area contributed by atoms with Gasteiger partial charge in [0.15, 0.2) is 0 Å². The van der Waals surface area contributed by atoms with Crippen LogP contribution in [0.3, 0.4) is 0 Å². The fourth-order valence-electron chi connectivity index (χ4n) is 2.49. The maximum Gasteiger partial charge on any atom is 0.0777 e. The number of nitrogens with zero attached hydrogens (tertiary/aromatic N) is 1. The van der Waals surface area contributed by atoms with Crippen LogP contribution in [-0.4, -0.2) is 18.2 Å². The van der Waals surface area contributed by atoms with E-state index in [1.54, 1.807) is 0 Å². The molecule has 2 nitrogen and oxygen atoms in total. The average Bonchev–Trinajstić information content (AvgIpc) is 2.83. The van der Waals surface area contributed by atoms with Gasteiger partial charge in [-0.3, -0.25) is 4.98 Å². The van der Waals surface area contributed by atoms with Crippen LogP contribution >= 0.6 is 0 Å². The molecule has 1 fully saturated rings. The van der Waals surface area contributed by atoms with Crippen LogP contribution in [0.2, 0.25) is 0 Å². The Morgan fingerprint density at radius 1 is 1.28 bits per heavy atom. The van der Waals surface area contributed by atoms with Crippen molar-refractivity contribution in [3.63, 3.8) is 0 Å². The largest absolute Gasteiger partial charge is 0.377 e. The van der Waals surface area contributed by atoms with E-state index in [-0.39, 0.29) is 0 Å². The van der Waals surface area contributed by atoms with E-state index >= 15 is 0 Å². The monoisotopic (exact) mass is 239 g/mol. The molecule has 0 amide bonds. The first kappa shape index (κ1) is 11.4. The molecule has 92 valence electrons. The molecular weight excluding hydrogens is 222 g/mol. The van der Waals surface area contributed by atoms with Gasteiger partial charge in [0.1, 0.15) is 0 Å². The number of pyridine rings is 1. The molecule has 2 heteroatoms. The summed E-state index contributed by atoms with van der Waals surface area (Å²) < 4.78 is 5.41. The first-order chi connectivity index (χ1) is 8.74. The van der Waals surface area contributed by atoms with Gasteiger partial charge >= 0.3 is 0 Å². The lowest BCUT2D eigenvalue weighted by atomic mass is 10.0. The molecule has 1 aliphatic rings. The van der Waals surface area contributed by atoms with Gasteiger partial charge in [-0.25, -0.2) is 0 Å². The van der Waals surface area contributed by atoms with Gasteiger partial charge in [0.25, 0.3) is 0 Å². The van der Waals surface area contributed by atoms with E-state index < -0.39 is 0 Å². The van der Waals surface area contributed by atoms with Crippen molar-refractivity contribution < 1.29 is 4.74 Å². The second-order valence-corrected chi connectivity index (χ2v) is 4.98. The van der Waals surface area contributed by atoms with E-state index in [1.807, 2.05) is 6.20 Å². The Kier molecular flexibility index (Phi) is 2.88. The second-order valence-electron chi connectivity index (χ2n) is 4.98. The Morgan fingerprint density at radius 2 is 2.17 bits per heavy atom. The summed E-state index contributed by atoms with van der Waals surface area (Å²) in [5, 5.41) is 1.25. The first-order valence-electron chi connectivity index (χ1n) is 6.37. The van der Waals surface area contributed by atoms with Crippen LogP contribution in [0.4, 0.5) is 0 Å². The third kappa shape index (κ3) is 2.04. The zero-order chi connectivity index (χ0) is 12.5. The summed E-state index contributed by atoms with van der Waals surface area (Å²) >= 11 is 0. The number of hydrogen-bond acceptors (Lipinski definition) is 2. The summed E-state index contributed by atoms with van der Waals surface area (Å²) in [4.78, 5) is 4.54. The number of ether oxygens (including phenoxy) is 1. The van der Waals surface area contributed by atoms with Crippen molar-refractivity contribution >= 4 is 17.0 Å². The molecule has 0 radical (unpaired) electrons. The molecule has 0 N–H and O–H groups in total. The summed E-state index contributed by atoms with van der Waals surface area (Å²) in [6.07, 6.45) is 5.18. The number of benzene rings is 1. The first-order valence-corrected chi connectivity index (χ1v) is 6.37. The molecule has 2 aromatic rings. The van der Waals surface area contributed by atoms with Crippen LogP contribution in [0.1, 0.15) is 23.1 Å². The maximum absolute atomic E-state index is 5.41. The van der Waals surface area contributed by atoms with Gasteiger partial charge in [-0.15, -0.1) is 0 Å². The molecule has 1 aromatic carbocycles. The number of hydrogen-bond donors (Lipinski definition) is 0. The molecule has 2 heterocycles. The predicted molar refractivity (Wildman–Crippen MR) is 74.6 cm³/mol. The highest BCUT2D eigenvalue weighted by atomic mass is 16.5. The summed E-state index contributed by atoms with van der Waals surface area (Å²) in [7, 11) is 0. The van der Waals surface area contributed by atoms with Crippen molar-refractivity contribution in [2.24, 2.45) is 0 Å². The van der Waals surface area contributed by atoms with E-state index in [4.69, 9.17) is 4.74 Å². The quantitative estimate of drug-likeness (QED) is 0.757. The van der Waals surface area contributed by atoms with E-state index in [9.17, 15) is 0 Å². The Bertz CT molecular complexity index is 620. The lowest BCUT2D eigenvalue weighted by Crippen LogP contribution is -1.90. The topological polar surface area (TPSA) is 22.1 Å². The zero-order valence-corrected chi connectivity index (χ0v) is 10.9. The molecule has 1 saturated heterocycles. The third-order valence-electron chi connectivity index (χ3n) is 3.45. The van der Waals surface area contributed by atoms with Crippen molar-refractivity contribution in [1.29, 1.82) is 0 Å². The van der Waals surface area contributed by atoms with Crippen LogP contribution in [0.15, 0.2) is 30.0 Å². The molecule has 0 spiro atoms. The van der Waals surface area contributed by atoms with Gasteiger partial charge in [0.05, 0.1) is 18.7 Å². The van der Waals surface area contributed by atoms with E-state index in [2.05, 4.69) is 43.1 Å². The van der Waals surface area contributed by atoms with Gasteiger partial charge in [-0.05, 0) is 55.2 Å². The third-order valence-corrected chi connectivity index (χ3v) is 3.45. The van der Waals surface area contributed by atoms with Crippen LogP contribution in [-0.2, 0) is 4.74 Å². The Morgan fingerprint density at radius 3 is 2.94 bits per heavy atom. The van der Waals surface area contributed by atoms with Crippen molar-refractivity contribution in [2.75, 3.05) is 13.2 Å². The van der Waals surface area contributed by atoms with Crippen LogP contribution in [0.5, 0.6) is 0 Å². The summed E-state index contributed by atoms with van der Waals surface area (Å²) in [6, 6.07) is 6.49. The average molecular weight is 239 g/mol. The SMILES string of the molecule is Cc1cc(/C=C2\CCOC2)c2nccc(C)c2c1. The normalized spacial score (nSPS) is 17.8. The minimum Gasteiger partial charge on any atom is -0.377 e. The number of fused-ring (bicyclic) bond motifs is 1. The van der Waals surface area contributed by atoms with Gasteiger partial charge in [0, 0.05) is 17.1 Å². The maximum atomic E-state index is 5.41. The van der Waals surface area contributed by atoms with E-state index in [1.165, 1.54) is 27.6 Å². The zero-order valence-electron chi connectivity index (χ0n) is 10.9. The van der Waals surface area contributed by atoms with Gasteiger partial charge in [-0.2, -0.15) is 0 Å². The van der Waals surface area contributed by atoms with Gasteiger partial charge in [0.2, 0.25) is 0 Å². The molecule has 0 bridgehead atoms. The van der Waals surface area contributed by atoms with Crippen molar-refractivity contribution in [3.8, 4) is 0 Å². The highest BCUT2D eigenvalue weighted by Gasteiger charge is 2.09. The molecular formula is C16H17NO. The molecule has 0 saturated carbocycles. The lowest BCUT2D eigenvalue weighted by Gasteiger charge is -2.07.